The first-order valence-electron chi connectivity index (χ1n) is 3.69. The maximum absolute atomic E-state index is 5.08. The normalized spacial score (nSPS) is 9.82. The van der Waals surface area contributed by atoms with Crippen molar-refractivity contribution in [2.75, 3.05) is 19.8 Å². The second-order valence-electron chi connectivity index (χ2n) is 1.65. The predicted molar refractivity (Wildman–Crippen MR) is 40.6 cm³/mol. The molecule has 0 bridgehead atoms. The van der Waals surface area contributed by atoms with Crippen LogP contribution in [-0.2, 0) is 14.0 Å². The number of hydrogen-bond donors (Lipinski definition) is 0. The van der Waals surface area contributed by atoms with Gasteiger partial charge in [0, 0.05) is 0 Å². The summed E-state index contributed by atoms with van der Waals surface area (Å²) in [4.78, 5) is 0. The Morgan fingerprint density at radius 3 is 1.27 bits per heavy atom. The van der Waals surface area contributed by atoms with Gasteiger partial charge in [0.15, 0.2) is 0 Å². The van der Waals surface area contributed by atoms with Crippen LogP contribution in [0.15, 0.2) is 0 Å². The molecule has 0 aromatic heterocycles. The molecule has 0 N–H and O–H groups in total. The fraction of sp³-hybridized carbons (Fsp3) is 1.00. The SMILES string of the molecule is CCO[B-](OCC)OCC.[K+]. The maximum Gasteiger partial charge on any atom is 1.00 e. The molecule has 61 valence electrons. The van der Waals surface area contributed by atoms with Gasteiger partial charge in [-0.15, -0.1) is 0 Å². The van der Waals surface area contributed by atoms with Crippen LogP contribution in [0.5, 0.6) is 0 Å². The minimum atomic E-state index is -0.472. The van der Waals surface area contributed by atoms with Crippen molar-refractivity contribution in [3.05, 3.63) is 0 Å². The summed E-state index contributed by atoms with van der Waals surface area (Å²) in [6.07, 6.45) is 0. The van der Waals surface area contributed by atoms with E-state index in [4.69, 9.17) is 14.0 Å². The van der Waals surface area contributed by atoms with Crippen LogP contribution in [0.25, 0.3) is 0 Å². The third-order valence-corrected chi connectivity index (χ3v) is 0.908. The average Bonchev–Trinajstić information content (AvgIpc) is 1.90. The van der Waals surface area contributed by atoms with E-state index >= 15 is 0 Å². The molecule has 0 aliphatic rings. The van der Waals surface area contributed by atoms with Crippen LogP contribution in [0.4, 0.5) is 0 Å². The van der Waals surface area contributed by atoms with Gasteiger partial charge in [0.2, 0.25) is 0 Å². The van der Waals surface area contributed by atoms with Gasteiger partial charge in [0.05, 0.1) is 0 Å². The molecule has 0 atom stereocenters. The van der Waals surface area contributed by atoms with Gasteiger partial charge in [-0.3, -0.25) is 0 Å². The largest absolute Gasteiger partial charge is 1.00 e. The van der Waals surface area contributed by atoms with Crippen molar-refractivity contribution in [2.24, 2.45) is 0 Å². The molecule has 0 saturated heterocycles. The van der Waals surface area contributed by atoms with Crippen LogP contribution in [0.2, 0.25) is 0 Å². The Kier molecular flexibility index (Phi) is 15.9. The molecule has 0 aromatic rings. The summed E-state index contributed by atoms with van der Waals surface area (Å²) in [6.45, 7) is 7.57. The minimum Gasteiger partial charge on any atom is -0.567 e. The molecule has 0 heterocycles. The molecule has 0 aliphatic carbocycles. The molecular weight excluding hydrogens is 170 g/mol. The molecule has 0 aromatic carbocycles. The Hall–Kier alpha value is 1.58. The van der Waals surface area contributed by atoms with E-state index in [9.17, 15) is 0 Å². The van der Waals surface area contributed by atoms with Crippen LogP contribution >= 0.6 is 0 Å². The van der Waals surface area contributed by atoms with E-state index in [1.54, 1.807) is 0 Å². The second-order valence-corrected chi connectivity index (χ2v) is 1.65. The molecule has 11 heavy (non-hydrogen) atoms. The summed E-state index contributed by atoms with van der Waals surface area (Å²) in [5, 5.41) is 0. The number of rotatable bonds is 6. The van der Waals surface area contributed by atoms with Gasteiger partial charge in [-0.25, -0.2) is 0 Å². The quantitative estimate of drug-likeness (QED) is 0.452. The predicted octanol–water partition coefficient (Wildman–Crippen LogP) is -1.92. The molecule has 0 unspecified atom stereocenters. The van der Waals surface area contributed by atoms with Crippen LogP contribution in [0, 0.1) is 0 Å². The van der Waals surface area contributed by atoms with Gasteiger partial charge in [-0.05, 0) is 40.6 Å². The fourth-order valence-electron chi connectivity index (χ4n) is 0.553. The third kappa shape index (κ3) is 9.50. The number of hydrogen-bond acceptors (Lipinski definition) is 3. The first kappa shape index (κ1) is 15.1. The van der Waals surface area contributed by atoms with Gasteiger partial charge in [0.1, 0.15) is 0 Å². The van der Waals surface area contributed by atoms with Crippen LogP contribution < -0.4 is 51.4 Å². The summed E-state index contributed by atoms with van der Waals surface area (Å²) in [5.74, 6) is 0. The Balaban J connectivity index is 0. The van der Waals surface area contributed by atoms with Crippen molar-refractivity contribution in [1.82, 2.24) is 0 Å². The first-order chi connectivity index (χ1) is 4.85. The summed E-state index contributed by atoms with van der Waals surface area (Å²) in [7, 11) is -0.472. The zero-order valence-electron chi connectivity index (χ0n) is 7.92. The third-order valence-electron chi connectivity index (χ3n) is 0.908. The van der Waals surface area contributed by atoms with Crippen LogP contribution in [0.1, 0.15) is 20.8 Å². The van der Waals surface area contributed by atoms with Gasteiger partial charge in [-0.1, -0.05) is 0 Å². The second kappa shape index (κ2) is 11.6. The maximum atomic E-state index is 5.08. The zero-order valence-corrected chi connectivity index (χ0v) is 11.0. The van der Waals surface area contributed by atoms with Crippen molar-refractivity contribution < 1.29 is 65.3 Å². The summed E-state index contributed by atoms with van der Waals surface area (Å²) in [6, 6.07) is 0. The average molecular weight is 185 g/mol. The Morgan fingerprint density at radius 2 is 1.09 bits per heavy atom. The van der Waals surface area contributed by atoms with Crippen LogP contribution in [0.3, 0.4) is 0 Å². The van der Waals surface area contributed by atoms with Gasteiger partial charge >= 0.3 is 58.7 Å². The molecule has 5 heteroatoms. The van der Waals surface area contributed by atoms with Crippen molar-refractivity contribution >= 4 is 7.32 Å². The van der Waals surface area contributed by atoms with Crippen molar-refractivity contribution in [3.63, 3.8) is 0 Å². The Labute approximate surface area is 112 Å². The molecule has 1 radical (unpaired) electrons. The van der Waals surface area contributed by atoms with E-state index < -0.39 is 7.32 Å². The van der Waals surface area contributed by atoms with Gasteiger partial charge < -0.3 is 14.0 Å². The molecule has 0 spiro atoms. The van der Waals surface area contributed by atoms with Gasteiger partial charge in [0.25, 0.3) is 0 Å². The fourth-order valence-corrected chi connectivity index (χ4v) is 0.553. The molecule has 0 saturated carbocycles. The van der Waals surface area contributed by atoms with Crippen molar-refractivity contribution in [3.8, 4) is 0 Å². The van der Waals surface area contributed by atoms with E-state index in [0.717, 1.165) is 0 Å². The van der Waals surface area contributed by atoms with Crippen LogP contribution in [-0.4, -0.2) is 27.1 Å². The molecule has 0 amide bonds. The first-order valence-corrected chi connectivity index (χ1v) is 3.69. The van der Waals surface area contributed by atoms with E-state index in [-0.39, 0.29) is 51.4 Å². The zero-order chi connectivity index (χ0) is 7.82. The molecule has 0 fully saturated rings. The minimum absolute atomic E-state index is 0. The topological polar surface area (TPSA) is 27.7 Å². The Morgan fingerprint density at radius 1 is 0.818 bits per heavy atom. The standard InChI is InChI=1S/C6H15BO3.K/c1-4-8-7(9-5-2)10-6-3;/h4-6H2,1-3H3;/q-1;+1. The summed E-state index contributed by atoms with van der Waals surface area (Å²) >= 11 is 0. The van der Waals surface area contributed by atoms with E-state index in [1.165, 1.54) is 0 Å². The smallest absolute Gasteiger partial charge is 0.567 e. The summed E-state index contributed by atoms with van der Waals surface area (Å²) in [5.41, 5.74) is 0. The van der Waals surface area contributed by atoms with Crippen molar-refractivity contribution in [2.45, 2.75) is 20.8 Å². The molecule has 0 aliphatic heterocycles. The van der Waals surface area contributed by atoms with E-state index in [1.807, 2.05) is 20.8 Å². The van der Waals surface area contributed by atoms with Gasteiger partial charge in [-0.2, -0.15) is 0 Å². The summed E-state index contributed by atoms with van der Waals surface area (Å²) < 4.78 is 15.2. The Bertz CT molecular complexity index is 60.6. The molecule has 0 rings (SSSR count). The van der Waals surface area contributed by atoms with E-state index in [0.29, 0.717) is 19.8 Å². The van der Waals surface area contributed by atoms with E-state index in [2.05, 4.69) is 0 Å². The van der Waals surface area contributed by atoms with Crippen molar-refractivity contribution in [1.29, 1.82) is 0 Å². The molecular formula is C6H15BKO3. The monoisotopic (exact) mass is 185 g/mol. The molecule has 3 nitrogen and oxygen atoms in total.